The van der Waals surface area contributed by atoms with E-state index in [0.717, 1.165) is 11.4 Å². The highest BCUT2D eigenvalue weighted by Gasteiger charge is 2.30. The van der Waals surface area contributed by atoms with E-state index in [1.807, 2.05) is 48.5 Å². The van der Waals surface area contributed by atoms with Gasteiger partial charge in [0.15, 0.2) is 0 Å². The van der Waals surface area contributed by atoms with Crippen molar-refractivity contribution in [2.45, 2.75) is 11.4 Å². The first-order chi connectivity index (χ1) is 15.9. The van der Waals surface area contributed by atoms with Crippen molar-refractivity contribution < 1.29 is 13.2 Å². The molecule has 1 amide bonds. The highest BCUT2D eigenvalue weighted by Crippen LogP contribution is 2.21. The van der Waals surface area contributed by atoms with E-state index >= 15 is 0 Å². The van der Waals surface area contributed by atoms with Gasteiger partial charge in [-0.2, -0.15) is 4.31 Å². The molecule has 4 rings (SSSR count). The van der Waals surface area contributed by atoms with Crippen LogP contribution in [0.1, 0.15) is 5.56 Å². The summed E-state index contributed by atoms with van der Waals surface area (Å²) in [6.07, 6.45) is 1.75. The number of carbonyl (C=O) groups excluding carboxylic acids is 1. The van der Waals surface area contributed by atoms with Crippen molar-refractivity contribution in [2.75, 3.05) is 37.6 Å². The number of piperazine rings is 1. The van der Waals surface area contributed by atoms with Crippen LogP contribution in [0.2, 0.25) is 5.02 Å². The molecule has 0 bridgehead atoms. The lowest BCUT2D eigenvalue weighted by molar-refractivity contribution is -0.131. The van der Waals surface area contributed by atoms with Gasteiger partial charge in [0.05, 0.1) is 11.4 Å². The molecule has 0 spiro atoms. The summed E-state index contributed by atoms with van der Waals surface area (Å²) in [5, 5.41) is 0.449. The second-order valence-electron chi connectivity index (χ2n) is 7.77. The Balaban J connectivity index is 1.49. The van der Waals surface area contributed by atoms with Crippen LogP contribution in [0.4, 0.5) is 5.82 Å². The van der Waals surface area contributed by atoms with Crippen molar-refractivity contribution in [3.8, 4) is 0 Å². The molecule has 7 nitrogen and oxygen atoms in total. The number of hydrogen-bond acceptors (Lipinski definition) is 5. The molecular formula is C24H25ClN4O3S. The zero-order valence-corrected chi connectivity index (χ0v) is 19.6. The molecular weight excluding hydrogens is 460 g/mol. The quantitative estimate of drug-likeness (QED) is 0.514. The minimum atomic E-state index is -3.90. The van der Waals surface area contributed by atoms with Crippen LogP contribution in [-0.2, 0) is 21.4 Å². The molecule has 3 aromatic rings. The fraction of sp³-hybridized carbons (Fsp3) is 0.250. The molecule has 0 saturated carbocycles. The lowest BCUT2D eigenvalue weighted by Crippen LogP contribution is -2.52. The van der Waals surface area contributed by atoms with Crippen molar-refractivity contribution >= 4 is 33.3 Å². The summed E-state index contributed by atoms with van der Waals surface area (Å²) in [5.41, 5.74) is 0.808. The summed E-state index contributed by atoms with van der Waals surface area (Å²) in [6.45, 7) is 2.18. The molecule has 33 heavy (non-hydrogen) atoms. The second-order valence-corrected chi connectivity index (χ2v) is 10.1. The molecule has 9 heteroatoms. The van der Waals surface area contributed by atoms with Crippen LogP contribution in [0.25, 0.3) is 0 Å². The zero-order valence-electron chi connectivity index (χ0n) is 18.0. The Morgan fingerprint density at radius 1 is 0.909 bits per heavy atom. The van der Waals surface area contributed by atoms with Gasteiger partial charge in [0.2, 0.25) is 15.9 Å². The number of nitrogens with zero attached hydrogens (tertiary/aromatic N) is 4. The highest BCUT2D eigenvalue weighted by molar-refractivity contribution is 7.89. The molecule has 0 aliphatic carbocycles. The number of hydrogen-bond donors (Lipinski definition) is 0. The fourth-order valence-corrected chi connectivity index (χ4v) is 5.25. The Morgan fingerprint density at radius 2 is 1.58 bits per heavy atom. The Hall–Kier alpha value is -2.94. The van der Waals surface area contributed by atoms with E-state index in [2.05, 4.69) is 9.88 Å². The van der Waals surface area contributed by atoms with Crippen molar-refractivity contribution in [1.82, 2.24) is 14.2 Å². The first kappa shape index (κ1) is 23.2. The predicted molar refractivity (Wildman–Crippen MR) is 129 cm³/mol. The van der Waals surface area contributed by atoms with Gasteiger partial charge in [-0.05, 0) is 42.0 Å². The number of anilines is 1. The summed E-state index contributed by atoms with van der Waals surface area (Å²) >= 11 is 5.94. The Kier molecular flexibility index (Phi) is 7.27. The van der Waals surface area contributed by atoms with E-state index in [0.29, 0.717) is 31.2 Å². The minimum Gasteiger partial charge on any atom is -0.353 e. The molecule has 1 fully saturated rings. The molecule has 2 heterocycles. The lowest BCUT2D eigenvalue weighted by atomic mass is 10.2. The van der Waals surface area contributed by atoms with Crippen molar-refractivity contribution in [3.05, 3.63) is 89.6 Å². The van der Waals surface area contributed by atoms with Crippen molar-refractivity contribution in [2.24, 2.45) is 0 Å². The summed E-state index contributed by atoms with van der Waals surface area (Å²) in [5.74, 6) is 0.657. The molecule has 172 valence electrons. The summed E-state index contributed by atoms with van der Waals surface area (Å²) in [7, 11) is -3.90. The smallest absolute Gasteiger partial charge is 0.243 e. The average Bonchev–Trinajstić information content (AvgIpc) is 2.85. The monoisotopic (exact) mass is 484 g/mol. The Morgan fingerprint density at radius 3 is 2.21 bits per heavy atom. The molecule has 1 aliphatic rings. The van der Waals surface area contributed by atoms with Gasteiger partial charge < -0.3 is 9.80 Å². The molecule has 0 radical (unpaired) electrons. The van der Waals surface area contributed by atoms with E-state index in [-0.39, 0.29) is 23.9 Å². The number of carbonyl (C=O) groups is 1. The maximum atomic E-state index is 13.4. The van der Waals surface area contributed by atoms with E-state index in [9.17, 15) is 13.2 Å². The molecule has 0 atom stereocenters. The van der Waals surface area contributed by atoms with Crippen LogP contribution in [-0.4, -0.2) is 61.2 Å². The van der Waals surface area contributed by atoms with Crippen LogP contribution >= 0.6 is 11.6 Å². The van der Waals surface area contributed by atoms with Gasteiger partial charge in [-0.1, -0.05) is 48.0 Å². The van der Waals surface area contributed by atoms with Gasteiger partial charge in [-0.15, -0.1) is 0 Å². The normalized spacial score (nSPS) is 14.5. The minimum absolute atomic E-state index is 0.103. The first-order valence-corrected chi connectivity index (χ1v) is 12.5. The molecule has 0 unspecified atom stereocenters. The van der Waals surface area contributed by atoms with E-state index < -0.39 is 10.0 Å². The average molecular weight is 485 g/mol. The van der Waals surface area contributed by atoms with Crippen molar-refractivity contribution in [1.29, 1.82) is 0 Å². The first-order valence-electron chi connectivity index (χ1n) is 10.7. The maximum Gasteiger partial charge on any atom is 0.243 e. The van der Waals surface area contributed by atoms with Gasteiger partial charge in [-0.3, -0.25) is 4.79 Å². The largest absolute Gasteiger partial charge is 0.353 e. The van der Waals surface area contributed by atoms with E-state index in [1.54, 1.807) is 11.1 Å². The van der Waals surface area contributed by atoms with Crippen LogP contribution in [0.5, 0.6) is 0 Å². The van der Waals surface area contributed by atoms with Gasteiger partial charge in [0, 0.05) is 43.9 Å². The van der Waals surface area contributed by atoms with Crippen LogP contribution in [0, 0.1) is 0 Å². The van der Waals surface area contributed by atoms with Gasteiger partial charge >= 0.3 is 0 Å². The highest BCUT2D eigenvalue weighted by atomic mass is 35.5. The second kappa shape index (κ2) is 10.3. The number of pyridine rings is 1. The third kappa shape index (κ3) is 5.71. The summed E-state index contributed by atoms with van der Waals surface area (Å²) in [4.78, 5) is 21.4. The third-order valence-electron chi connectivity index (χ3n) is 5.57. The number of aromatic nitrogens is 1. The zero-order chi connectivity index (χ0) is 23.3. The van der Waals surface area contributed by atoms with E-state index in [4.69, 9.17) is 11.6 Å². The molecule has 2 aromatic carbocycles. The van der Waals surface area contributed by atoms with Crippen molar-refractivity contribution in [3.63, 3.8) is 0 Å². The topological polar surface area (TPSA) is 73.8 Å². The maximum absolute atomic E-state index is 13.4. The summed E-state index contributed by atoms with van der Waals surface area (Å²) < 4.78 is 28.0. The van der Waals surface area contributed by atoms with Crippen LogP contribution in [0.3, 0.4) is 0 Å². The predicted octanol–water partition coefficient (Wildman–Crippen LogP) is 3.27. The standard InChI is InChI=1S/C24H25ClN4O3S/c25-21-9-11-22(12-10-21)33(31,32)29(18-20-6-2-1-3-7-20)19-24(30)28-16-14-27(15-17-28)23-8-4-5-13-26-23/h1-13H,14-19H2. The molecule has 1 saturated heterocycles. The molecule has 1 aromatic heterocycles. The number of amides is 1. The number of rotatable bonds is 7. The van der Waals surface area contributed by atoms with Gasteiger partial charge in [0.25, 0.3) is 0 Å². The SMILES string of the molecule is O=C(CN(Cc1ccccc1)S(=O)(=O)c1ccc(Cl)cc1)N1CCN(c2ccccn2)CC1. The van der Waals surface area contributed by atoms with Crippen LogP contribution < -0.4 is 4.90 Å². The van der Waals surface area contributed by atoms with E-state index in [1.165, 1.54) is 28.6 Å². The molecule has 0 N–H and O–H groups in total. The summed E-state index contributed by atoms with van der Waals surface area (Å²) in [6, 6.07) is 21.0. The number of halogens is 1. The number of sulfonamides is 1. The van der Waals surface area contributed by atoms with Gasteiger partial charge in [-0.25, -0.2) is 13.4 Å². The Labute approximate surface area is 199 Å². The molecule has 1 aliphatic heterocycles. The third-order valence-corrected chi connectivity index (χ3v) is 7.63. The Bertz CT molecular complexity index is 1170. The van der Waals surface area contributed by atoms with Crippen LogP contribution in [0.15, 0.2) is 83.9 Å². The lowest BCUT2D eigenvalue weighted by Gasteiger charge is -2.36. The fourth-order valence-electron chi connectivity index (χ4n) is 3.75. The number of benzene rings is 2. The van der Waals surface area contributed by atoms with Gasteiger partial charge in [0.1, 0.15) is 5.82 Å².